The molecule has 0 radical (unpaired) electrons. The van der Waals surface area contributed by atoms with Crippen LogP contribution in [0.25, 0.3) is 0 Å². The van der Waals surface area contributed by atoms with E-state index >= 15 is 0 Å². The highest BCUT2D eigenvalue weighted by atomic mass is 35.5. The van der Waals surface area contributed by atoms with Crippen LogP contribution in [0, 0.1) is 5.82 Å². The minimum absolute atomic E-state index is 0.0714. The van der Waals surface area contributed by atoms with Gasteiger partial charge in [0.2, 0.25) is 0 Å². The van der Waals surface area contributed by atoms with Gasteiger partial charge in [0, 0.05) is 62.0 Å². The summed E-state index contributed by atoms with van der Waals surface area (Å²) in [6, 6.07) is 5.71. The molecule has 0 aliphatic carbocycles. The van der Waals surface area contributed by atoms with Crippen LogP contribution in [0.5, 0.6) is 0 Å². The average Bonchev–Trinajstić information content (AvgIpc) is 3.40. The summed E-state index contributed by atoms with van der Waals surface area (Å²) >= 11 is 5.70. The molecule has 2 atom stereocenters. The second-order valence-corrected chi connectivity index (χ2v) is 8.26. The Morgan fingerprint density at radius 1 is 1.24 bits per heavy atom. The van der Waals surface area contributed by atoms with E-state index in [2.05, 4.69) is 25.5 Å². The number of fused-ring (bicyclic) bond motifs is 2. The van der Waals surface area contributed by atoms with Crippen LogP contribution >= 0.6 is 11.6 Å². The molecule has 2 unspecified atom stereocenters. The summed E-state index contributed by atoms with van der Waals surface area (Å²) in [4.78, 5) is 12.4. The van der Waals surface area contributed by atoms with Crippen molar-refractivity contribution in [3.63, 3.8) is 0 Å². The summed E-state index contributed by atoms with van der Waals surface area (Å²) in [5.41, 5.74) is 0.913. The topological polar surface area (TPSA) is 56.3 Å². The summed E-state index contributed by atoms with van der Waals surface area (Å²) in [5.74, 6) is -2.16. The molecule has 5 heterocycles. The van der Waals surface area contributed by atoms with Crippen molar-refractivity contribution in [2.75, 3.05) is 41.3 Å². The third-order valence-corrected chi connectivity index (χ3v) is 6.02. The van der Waals surface area contributed by atoms with Gasteiger partial charge in [0.05, 0.1) is 17.8 Å². The van der Waals surface area contributed by atoms with Gasteiger partial charge in [-0.2, -0.15) is 0 Å². The Kier molecular flexibility index (Phi) is 4.47. The van der Waals surface area contributed by atoms with Gasteiger partial charge in [-0.15, -0.1) is 0 Å². The largest absolute Gasteiger partial charge is 0.365 e. The van der Waals surface area contributed by atoms with Gasteiger partial charge in [-0.05, 0) is 6.42 Å². The standard InChI is InChI=1S/C19H20ClF3N6/c20-14-8-25-16(6-15(14)21)26-17-4-12(29-9-11-3-13(29)7-24-11)5-18(27-17)28-2-1-19(22,23)10-28/h4-6,8,11,13,24H,1-3,7,9-10H2,(H,25,26,27). The normalized spacial score (nSPS) is 25.1. The smallest absolute Gasteiger partial charge is 0.266 e. The SMILES string of the molecule is Fc1cc(Nc2cc(N3CC4CC3CN4)cc(N3CCC(F)(F)C3)n2)ncc1Cl. The predicted molar refractivity (Wildman–Crippen MR) is 106 cm³/mol. The molecular weight excluding hydrogens is 405 g/mol. The van der Waals surface area contributed by atoms with Crippen molar-refractivity contribution in [1.29, 1.82) is 0 Å². The van der Waals surface area contributed by atoms with Crippen LogP contribution in [-0.2, 0) is 0 Å². The number of rotatable bonds is 4. The van der Waals surface area contributed by atoms with Crippen molar-refractivity contribution >= 4 is 34.7 Å². The zero-order chi connectivity index (χ0) is 20.2. The highest BCUT2D eigenvalue weighted by Gasteiger charge is 2.40. The zero-order valence-corrected chi connectivity index (χ0v) is 16.3. The minimum Gasteiger partial charge on any atom is -0.365 e. The summed E-state index contributed by atoms with van der Waals surface area (Å²) in [5, 5.41) is 6.37. The number of alkyl halides is 2. The van der Waals surface area contributed by atoms with E-state index in [0.29, 0.717) is 23.7 Å². The Balaban J connectivity index is 1.48. The number of hydrogen-bond donors (Lipinski definition) is 2. The third kappa shape index (κ3) is 3.69. The van der Waals surface area contributed by atoms with E-state index in [-0.39, 0.29) is 30.4 Å². The molecule has 2 aromatic heterocycles. The van der Waals surface area contributed by atoms with Crippen LogP contribution in [0.4, 0.5) is 36.3 Å². The number of hydrogen-bond acceptors (Lipinski definition) is 6. The van der Waals surface area contributed by atoms with Gasteiger partial charge in [0.15, 0.2) is 0 Å². The highest BCUT2D eigenvalue weighted by Crippen LogP contribution is 2.36. The number of anilines is 4. The van der Waals surface area contributed by atoms with E-state index in [0.717, 1.165) is 25.2 Å². The van der Waals surface area contributed by atoms with Crippen molar-refractivity contribution in [3.05, 3.63) is 35.2 Å². The van der Waals surface area contributed by atoms with Gasteiger partial charge in [0.1, 0.15) is 23.3 Å². The maximum absolute atomic E-state index is 13.8. The van der Waals surface area contributed by atoms with E-state index in [1.807, 2.05) is 12.1 Å². The van der Waals surface area contributed by atoms with Gasteiger partial charge < -0.3 is 20.4 Å². The van der Waals surface area contributed by atoms with Crippen LogP contribution < -0.4 is 20.4 Å². The fourth-order valence-electron chi connectivity index (χ4n) is 4.32. The molecule has 154 valence electrons. The van der Waals surface area contributed by atoms with Crippen LogP contribution in [0.2, 0.25) is 5.02 Å². The number of piperazine rings is 1. The van der Waals surface area contributed by atoms with Crippen LogP contribution in [0.3, 0.4) is 0 Å². The first kappa shape index (κ1) is 18.7. The molecule has 0 amide bonds. The zero-order valence-electron chi connectivity index (χ0n) is 15.5. The first-order valence-electron chi connectivity index (χ1n) is 9.59. The van der Waals surface area contributed by atoms with E-state index in [1.54, 1.807) is 4.90 Å². The maximum Gasteiger partial charge on any atom is 0.266 e. The first-order chi connectivity index (χ1) is 13.9. The molecule has 2 bridgehead atoms. The van der Waals surface area contributed by atoms with Gasteiger partial charge >= 0.3 is 0 Å². The van der Waals surface area contributed by atoms with Gasteiger partial charge in [0.25, 0.3) is 5.92 Å². The summed E-state index contributed by atoms with van der Waals surface area (Å²) in [7, 11) is 0. The molecule has 3 fully saturated rings. The molecule has 3 saturated heterocycles. The van der Waals surface area contributed by atoms with Gasteiger partial charge in [-0.3, -0.25) is 0 Å². The van der Waals surface area contributed by atoms with Crippen molar-refractivity contribution in [2.24, 2.45) is 0 Å². The van der Waals surface area contributed by atoms with Gasteiger partial charge in [-0.25, -0.2) is 23.1 Å². The minimum atomic E-state index is -2.72. The molecule has 29 heavy (non-hydrogen) atoms. The maximum atomic E-state index is 13.8. The Labute approximate surface area is 171 Å². The van der Waals surface area contributed by atoms with Crippen LogP contribution in [0.15, 0.2) is 24.4 Å². The van der Waals surface area contributed by atoms with Crippen LogP contribution in [-0.4, -0.2) is 54.2 Å². The molecular formula is C19H20ClF3N6. The Morgan fingerprint density at radius 2 is 2.10 bits per heavy atom. The number of halogens is 4. The van der Waals surface area contributed by atoms with E-state index in [4.69, 9.17) is 11.6 Å². The average molecular weight is 425 g/mol. The van der Waals surface area contributed by atoms with Crippen molar-refractivity contribution in [2.45, 2.75) is 30.8 Å². The fraction of sp³-hybridized carbons (Fsp3) is 0.474. The lowest BCUT2D eigenvalue weighted by molar-refractivity contribution is 0.0256. The second-order valence-electron chi connectivity index (χ2n) is 7.85. The predicted octanol–water partition coefficient (Wildman–Crippen LogP) is 3.41. The molecule has 0 aromatic carbocycles. The number of pyridine rings is 2. The number of nitrogens with zero attached hydrogens (tertiary/aromatic N) is 4. The Morgan fingerprint density at radius 3 is 2.76 bits per heavy atom. The van der Waals surface area contributed by atoms with Crippen molar-refractivity contribution < 1.29 is 13.2 Å². The summed E-state index contributed by atoms with van der Waals surface area (Å²) < 4.78 is 41.3. The summed E-state index contributed by atoms with van der Waals surface area (Å²) in [6.45, 7) is 1.64. The molecule has 10 heteroatoms. The Hall–Kier alpha value is -2.26. The molecule has 2 aromatic rings. The second kappa shape index (κ2) is 6.91. The van der Waals surface area contributed by atoms with Crippen molar-refractivity contribution in [1.82, 2.24) is 15.3 Å². The number of aromatic nitrogens is 2. The Bertz CT molecular complexity index is 942. The molecule has 3 aliphatic rings. The van der Waals surface area contributed by atoms with Crippen LogP contribution in [0.1, 0.15) is 12.8 Å². The molecule has 5 rings (SSSR count). The van der Waals surface area contributed by atoms with Crippen molar-refractivity contribution in [3.8, 4) is 0 Å². The van der Waals surface area contributed by atoms with E-state index < -0.39 is 11.7 Å². The highest BCUT2D eigenvalue weighted by molar-refractivity contribution is 6.30. The molecule has 6 nitrogen and oxygen atoms in total. The van der Waals surface area contributed by atoms with Gasteiger partial charge in [-0.1, -0.05) is 11.6 Å². The van der Waals surface area contributed by atoms with E-state index in [1.165, 1.54) is 12.3 Å². The lowest BCUT2D eigenvalue weighted by Gasteiger charge is -2.31. The summed E-state index contributed by atoms with van der Waals surface area (Å²) in [6.07, 6.45) is 2.09. The molecule has 0 spiro atoms. The molecule has 0 saturated carbocycles. The number of nitrogens with one attached hydrogen (secondary N) is 2. The molecule has 2 N–H and O–H groups in total. The molecule has 3 aliphatic heterocycles. The monoisotopic (exact) mass is 424 g/mol. The third-order valence-electron chi connectivity index (χ3n) is 5.74. The lowest BCUT2D eigenvalue weighted by Crippen LogP contribution is -2.43. The van der Waals surface area contributed by atoms with E-state index in [9.17, 15) is 13.2 Å². The quantitative estimate of drug-likeness (QED) is 0.784. The lowest BCUT2D eigenvalue weighted by atomic mass is 10.2. The fourth-order valence-corrected chi connectivity index (χ4v) is 4.42. The first-order valence-corrected chi connectivity index (χ1v) is 9.97.